The molecule has 114 valence electrons. The van der Waals surface area contributed by atoms with Gasteiger partial charge in [-0.3, -0.25) is 4.98 Å². The van der Waals surface area contributed by atoms with Crippen LogP contribution in [-0.4, -0.2) is 24.9 Å². The van der Waals surface area contributed by atoms with Crippen LogP contribution in [0.1, 0.15) is 5.56 Å². The number of hydrogen-bond donors (Lipinski definition) is 2. The molecule has 3 rings (SSSR count). The van der Waals surface area contributed by atoms with Gasteiger partial charge in [0.2, 0.25) is 10.0 Å². The number of nitrogens with zero attached hydrogens (tertiary/aromatic N) is 1. The number of fused-ring (bicyclic) bond motifs is 1. The number of halogens is 1. The molecule has 0 spiro atoms. The maximum atomic E-state index is 13.1. The Morgan fingerprint density at radius 3 is 2.91 bits per heavy atom. The van der Waals surface area contributed by atoms with Gasteiger partial charge in [-0.05, 0) is 42.3 Å². The Labute approximate surface area is 127 Å². The van der Waals surface area contributed by atoms with Crippen molar-refractivity contribution in [1.29, 1.82) is 0 Å². The van der Waals surface area contributed by atoms with E-state index in [-0.39, 0.29) is 17.3 Å². The van der Waals surface area contributed by atoms with E-state index < -0.39 is 10.0 Å². The molecule has 2 heterocycles. The van der Waals surface area contributed by atoms with Gasteiger partial charge in [-0.2, -0.15) is 0 Å². The normalized spacial score (nSPS) is 11.9. The van der Waals surface area contributed by atoms with Gasteiger partial charge in [0, 0.05) is 36.0 Å². The van der Waals surface area contributed by atoms with Crippen molar-refractivity contribution in [3.05, 3.63) is 60.3 Å². The molecule has 22 heavy (non-hydrogen) atoms. The highest BCUT2D eigenvalue weighted by Crippen LogP contribution is 2.19. The molecule has 0 aliphatic carbocycles. The van der Waals surface area contributed by atoms with E-state index in [1.807, 2.05) is 0 Å². The lowest BCUT2D eigenvalue weighted by Gasteiger charge is -2.05. The maximum absolute atomic E-state index is 13.1. The molecule has 5 nitrogen and oxygen atoms in total. The molecule has 0 amide bonds. The highest BCUT2D eigenvalue weighted by atomic mass is 32.2. The Hall–Kier alpha value is -2.25. The van der Waals surface area contributed by atoms with Crippen LogP contribution in [0.25, 0.3) is 10.9 Å². The molecule has 0 saturated carbocycles. The zero-order chi connectivity index (χ0) is 15.6. The lowest BCUT2D eigenvalue weighted by atomic mass is 10.1. The van der Waals surface area contributed by atoms with Gasteiger partial charge in [0.25, 0.3) is 0 Å². The van der Waals surface area contributed by atoms with E-state index in [0.29, 0.717) is 11.9 Å². The molecule has 1 aromatic carbocycles. The SMILES string of the molecule is O=S(=O)(NCCc1c[nH]c2cc(F)ccc12)c1cccnc1. The van der Waals surface area contributed by atoms with Crippen molar-refractivity contribution >= 4 is 20.9 Å². The van der Waals surface area contributed by atoms with Gasteiger partial charge < -0.3 is 4.98 Å². The Kier molecular flexibility index (Phi) is 3.91. The van der Waals surface area contributed by atoms with Gasteiger partial charge in [-0.25, -0.2) is 17.5 Å². The molecule has 0 radical (unpaired) electrons. The molecular formula is C15H14FN3O2S. The average Bonchev–Trinajstić information content (AvgIpc) is 2.90. The molecule has 0 bridgehead atoms. The van der Waals surface area contributed by atoms with Gasteiger partial charge in [0.05, 0.1) is 0 Å². The highest BCUT2D eigenvalue weighted by Gasteiger charge is 2.13. The van der Waals surface area contributed by atoms with E-state index in [0.717, 1.165) is 10.9 Å². The lowest BCUT2D eigenvalue weighted by Crippen LogP contribution is -2.26. The average molecular weight is 319 g/mol. The molecule has 2 aromatic heterocycles. The molecule has 2 N–H and O–H groups in total. The number of hydrogen-bond acceptors (Lipinski definition) is 3. The Balaban J connectivity index is 1.70. The van der Waals surface area contributed by atoms with Crippen molar-refractivity contribution in [1.82, 2.24) is 14.7 Å². The first-order valence-corrected chi connectivity index (χ1v) is 8.20. The quantitative estimate of drug-likeness (QED) is 0.757. The molecule has 0 atom stereocenters. The monoisotopic (exact) mass is 319 g/mol. The predicted octanol–water partition coefficient (Wildman–Crippen LogP) is 2.22. The van der Waals surface area contributed by atoms with Crippen LogP contribution in [-0.2, 0) is 16.4 Å². The summed E-state index contributed by atoms with van der Waals surface area (Å²) in [5.74, 6) is -0.307. The summed E-state index contributed by atoms with van der Waals surface area (Å²) in [6.45, 7) is 0.252. The first kappa shape index (κ1) is 14.7. The summed E-state index contributed by atoms with van der Waals surface area (Å²) in [7, 11) is -3.56. The summed E-state index contributed by atoms with van der Waals surface area (Å²) in [5.41, 5.74) is 1.63. The number of benzene rings is 1. The Morgan fingerprint density at radius 1 is 1.27 bits per heavy atom. The van der Waals surface area contributed by atoms with E-state index in [1.54, 1.807) is 18.3 Å². The second-order valence-corrected chi connectivity index (χ2v) is 6.61. The second-order valence-electron chi connectivity index (χ2n) is 4.84. The third-order valence-corrected chi connectivity index (χ3v) is 4.81. The Bertz CT molecular complexity index is 892. The van der Waals surface area contributed by atoms with Crippen LogP contribution in [0.4, 0.5) is 4.39 Å². The fraction of sp³-hybridized carbons (Fsp3) is 0.133. The van der Waals surface area contributed by atoms with Gasteiger partial charge in [0.15, 0.2) is 0 Å². The van der Waals surface area contributed by atoms with Gasteiger partial charge >= 0.3 is 0 Å². The summed E-state index contributed by atoms with van der Waals surface area (Å²) in [4.78, 5) is 6.91. The van der Waals surface area contributed by atoms with Gasteiger partial charge in [-0.1, -0.05) is 0 Å². The first-order chi connectivity index (χ1) is 10.6. The molecule has 3 aromatic rings. The number of nitrogens with one attached hydrogen (secondary N) is 2. The molecule has 7 heteroatoms. The summed E-state index contributed by atoms with van der Waals surface area (Å²) >= 11 is 0. The minimum absolute atomic E-state index is 0.135. The Morgan fingerprint density at radius 2 is 2.14 bits per heavy atom. The number of rotatable bonds is 5. The third-order valence-electron chi connectivity index (χ3n) is 3.36. The fourth-order valence-corrected chi connectivity index (χ4v) is 3.27. The number of pyridine rings is 1. The predicted molar refractivity (Wildman–Crippen MR) is 81.4 cm³/mol. The smallest absolute Gasteiger partial charge is 0.242 e. The van der Waals surface area contributed by atoms with E-state index in [4.69, 9.17) is 0 Å². The van der Waals surface area contributed by atoms with Crippen molar-refractivity contribution in [2.24, 2.45) is 0 Å². The van der Waals surface area contributed by atoms with Gasteiger partial charge in [0.1, 0.15) is 10.7 Å². The van der Waals surface area contributed by atoms with Crippen LogP contribution in [0.15, 0.2) is 53.8 Å². The van der Waals surface area contributed by atoms with E-state index in [9.17, 15) is 12.8 Å². The summed E-state index contributed by atoms with van der Waals surface area (Å²) < 4.78 is 39.8. The minimum atomic E-state index is -3.56. The van der Waals surface area contributed by atoms with Crippen LogP contribution < -0.4 is 4.72 Å². The van der Waals surface area contributed by atoms with Crippen molar-refractivity contribution in [2.75, 3.05) is 6.54 Å². The molecule has 0 saturated heterocycles. The van der Waals surface area contributed by atoms with E-state index in [2.05, 4.69) is 14.7 Å². The van der Waals surface area contributed by atoms with Crippen LogP contribution >= 0.6 is 0 Å². The van der Waals surface area contributed by atoms with Crippen molar-refractivity contribution < 1.29 is 12.8 Å². The zero-order valence-corrected chi connectivity index (χ0v) is 12.4. The summed E-state index contributed by atoms with van der Waals surface area (Å²) in [6.07, 6.45) is 5.09. The van der Waals surface area contributed by atoms with Crippen LogP contribution in [0.5, 0.6) is 0 Å². The molecular weight excluding hydrogens is 305 g/mol. The van der Waals surface area contributed by atoms with Crippen molar-refractivity contribution in [3.8, 4) is 0 Å². The number of sulfonamides is 1. The standard InChI is InChI=1S/C15H14FN3O2S/c16-12-3-4-14-11(9-18-15(14)8-12)5-7-19-22(20,21)13-2-1-6-17-10-13/h1-4,6,8-10,18-19H,5,7H2. The van der Waals surface area contributed by atoms with Crippen molar-refractivity contribution in [2.45, 2.75) is 11.3 Å². The number of aromatic nitrogens is 2. The minimum Gasteiger partial charge on any atom is -0.361 e. The number of aromatic amines is 1. The van der Waals surface area contributed by atoms with Crippen LogP contribution in [0.2, 0.25) is 0 Å². The summed E-state index contributed by atoms with van der Waals surface area (Å²) in [6, 6.07) is 7.55. The third kappa shape index (κ3) is 3.00. The maximum Gasteiger partial charge on any atom is 0.242 e. The first-order valence-electron chi connectivity index (χ1n) is 6.71. The molecule has 0 aliphatic heterocycles. The van der Waals surface area contributed by atoms with Crippen LogP contribution in [0.3, 0.4) is 0 Å². The van der Waals surface area contributed by atoms with Gasteiger partial charge in [-0.15, -0.1) is 0 Å². The van der Waals surface area contributed by atoms with Crippen molar-refractivity contribution in [3.63, 3.8) is 0 Å². The largest absolute Gasteiger partial charge is 0.361 e. The molecule has 0 fully saturated rings. The summed E-state index contributed by atoms with van der Waals surface area (Å²) in [5, 5.41) is 0.891. The second kappa shape index (κ2) is 5.86. The zero-order valence-electron chi connectivity index (χ0n) is 11.6. The number of H-pyrrole nitrogens is 1. The lowest BCUT2D eigenvalue weighted by molar-refractivity contribution is 0.581. The fourth-order valence-electron chi connectivity index (χ4n) is 2.27. The topological polar surface area (TPSA) is 74.8 Å². The molecule has 0 unspecified atom stereocenters. The van der Waals surface area contributed by atoms with Crippen LogP contribution in [0, 0.1) is 5.82 Å². The molecule has 0 aliphatic rings. The highest BCUT2D eigenvalue weighted by molar-refractivity contribution is 7.89. The van der Waals surface area contributed by atoms with E-state index >= 15 is 0 Å². The van der Waals surface area contributed by atoms with E-state index in [1.165, 1.54) is 30.6 Å².